The third-order valence-corrected chi connectivity index (χ3v) is 2.86. The summed E-state index contributed by atoms with van der Waals surface area (Å²) in [5.41, 5.74) is 0.494. The Morgan fingerprint density at radius 1 is 1.20 bits per heavy atom. The van der Waals surface area contributed by atoms with Crippen LogP contribution in [-0.2, 0) is 14.3 Å². The van der Waals surface area contributed by atoms with Crippen LogP contribution in [0.3, 0.4) is 0 Å². The molecular weight excluding hydrogens is 258 g/mol. The van der Waals surface area contributed by atoms with E-state index in [-0.39, 0.29) is 11.5 Å². The summed E-state index contributed by atoms with van der Waals surface area (Å²) in [6, 6.07) is 8.76. The van der Waals surface area contributed by atoms with Crippen molar-refractivity contribution in [1.29, 1.82) is 0 Å². The second kappa shape index (κ2) is 6.86. The number of carbonyl (C=O) groups is 2. The molecule has 0 spiro atoms. The number of benzene rings is 1. The molecule has 5 heteroatoms. The van der Waals surface area contributed by atoms with E-state index >= 15 is 0 Å². The van der Waals surface area contributed by atoms with Gasteiger partial charge in [-0.05, 0) is 0 Å². The summed E-state index contributed by atoms with van der Waals surface area (Å²) in [6.07, 6.45) is 1.60. The maximum Gasteiger partial charge on any atom is 0.308 e. The quantitative estimate of drug-likeness (QED) is 0.361. The molecular formula is C15H17NO4. The summed E-state index contributed by atoms with van der Waals surface area (Å²) >= 11 is 0. The van der Waals surface area contributed by atoms with Crippen molar-refractivity contribution in [3.63, 3.8) is 0 Å². The number of ether oxygens (including phenoxy) is 2. The molecule has 0 amide bonds. The molecule has 1 fully saturated rings. The van der Waals surface area contributed by atoms with Crippen LogP contribution < -0.4 is 0 Å². The van der Waals surface area contributed by atoms with Gasteiger partial charge in [0.25, 0.3) is 0 Å². The fourth-order valence-corrected chi connectivity index (χ4v) is 1.89. The summed E-state index contributed by atoms with van der Waals surface area (Å²) in [5.74, 6) is -0.758. The molecule has 0 saturated carbocycles. The molecule has 106 valence electrons. The van der Waals surface area contributed by atoms with Gasteiger partial charge in [-0.3, -0.25) is 9.59 Å². The number of nitrogens with zero attached hydrogens (tertiary/aromatic N) is 1. The van der Waals surface area contributed by atoms with Crippen molar-refractivity contribution in [2.45, 2.75) is 6.92 Å². The molecule has 1 aromatic carbocycles. The van der Waals surface area contributed by atoms with Gasteiger partial charge < -0.3 is 14.4 Å². The fourth-order valence-electron chi connectivity index (χ4n) is 1.89. The van der Waals surface area contributed by atoms with Crippen molar-refractivity contribution >= 4 is 11.8 Å². The van der Waals surface area contributed by atoms with Gasteiger partial charge in [-0.2, -0.15) is 0 Å². The van der Waals surface area contributed by atoms with E-state index in [0.717, 1.165) is 0 Å². The highest BCUT2D eigenvalue weighted by Gasteiger charge is 2.18. The molecule has 1 heterocycles. The fraction of sp³-hybridized carbons (Fsp3) is 0.333. The van der Waals surface area contributed by atoms with Gasteiger partial charge in [-0.1, -0.05) is 30.3 Å². The van der Waals surface area contributed by atoms with E-state index in [0.29, 0.717) is 31.9 Å². The third-order valence-electron chi connectivity index (χ3n) is 2.86. The Morgan fingerprint density at radius 3 is 2.45 bits per heavy atom. The number of morpholine rings is 1. The number of Topliss-reactive ketones (excluding diaryl/α,β-unsaturated/α-hetero) is 1. The number of esters is 1. The van der Waals surface area contributed by atoms with Crippen molar-refractivity contribution in [3.8, 4) is 0 Å². The highest BCUT2D eigenvalue weighted by Crippen LogP contribution is 2.12. The maximum absolute atomic E-state index is 12.4. The molecule has 1 aliphatic heterocycles. The lowest BCUT2D eigenvalue weighted by Crippen LogP contribution is -2.33. The average Bonchev–Trinajstić information content (AvgIpc) is 2.47. The standard InChI is InChI=1S/C15H17NO4/c1-12(17)20-14(11-16-7-9-19-10-8-16)15(18)13-5-3-2-4-6-13/h2-6,11H,7-10H2,1H3/b14-11-. The second-order valence-corrected chi connectivity index (χ2v) is 4.43. The van der Waals surface area contributed by atoms with E-state index in [4.69, 9.17) is 9.47 Å². The lowest BCUT2D eigenvalue weighted by molar-refractivity contribution is -0.136. The molecule has 0 aromatic heterocycles. The van der Waals surface area contributed by atoms with Crippen LogP contribution in [0.5, 0.6) is 0 Å². The Balaban J connectivity index is 2.20. The summed E-state index contributed by atoms with van der Waals surface area (Å²) in [4.78, 5) is 25.4. The Hall–Kier alpha value is -2.14. The molecule has 0 unspecified atom stereocenters. The van der Waals surface area contributed by atoms with Crippen LogP contribution in [0, 0.1) is 0 Å². The first kappa shape index (κ1) is 14.3. The van der Waals surface area contributed by atoms with Crippen LogP contribution >= 0.6 is 0 Å². The lowest BCUT2D eigenvalue weighted by atomic mass is 10.1. The summed E-state index contributed by atoms with van der Waals surface area (Å²) in [5, 5.41) is 0. The van der Waals surface area contributed by atoms with Gasteiger partial charge in [-0.15, -0.1) is 0 Å². The van der Waals surface area contributed by atoms with Crippen LogP contribution in [0.1, 0.15) is 17.3 Å². The number of hydrogen-bond donors (Lipinski definition) is 0. The van der Waals surface area contributed by atoms with Crippen molar-refractivity contribution in [3.05, 3.63) is 47.9 Å². The lowest BCUT2D eigenvalue weighted by Gasteiger charge is -2.25. The van der Waals surface area contributed by atoms with Crippen LogP contribution in [0.15, 0.2) is 42.3 Å². The van der Waals surface area contributed by atoms with E-state index < -0.39 is 5.97 Å². The molecule has 1 saturated heterocycles. The monoisotopic (exact) mass is 275 g/mol. The first-order chi connectivity index (χ1) is 9.66. The van der Waals surface area contributed by atoms with Crippen molar-refractivity contribution in [2.75, 3.05) is 26.3 Å². The van der Waals surface area contributed by atoms with E-state index in [2.05, 4.69) is 0 Å². The predicted octanol–water partition coefficient (Wildman–Crippen LogP) is 1.61. The third kappa shape index (κ3) is 3.93. The molecule has 1 aromatic rings. The topological polar surface area (TPSA) is 55.8 Å². The molecule has 20 heavy (non-hydrogen) atoms. The predicted molar refractivity (Wildman–Crippen MR) is 73.0 cm³/mol. The van der Waals surface area contributed by atoms with Gasteiger partial charge in [0.1, 0.15) is 0 Å². The highest BCUT2D eigenvalue weighted by atomic mass is 16.5. The number of rotatable bonds is 4. The van der Waals surface area contributed by atoms with Gasteiger partial charge >= 0.3 is 5.97 Å². The van der Waals surface area contributed by atoms with Crippen LogP contribution in [-0.4, -0.2) is 43.0 Å². The minimum absolute atomic E-state index is 0.0469. The van der Waals surface area contributed by atoms with Crippen LogP contribution in [0.25, 0.3) is 0 Å². The van der Waals surface area contributed by atoms with Gasteiger partial charge in [0, 0.05) is 31.8 Å². The second-order valence-electron chi connectivity index (χ2n) is 4.43. The van der Waals surface area contributed by atoms with E-state index in [9.17, 15) is 9.59 Å². The molecule has 0 radical (unpaired) electrons. The van der Waals surface area contributed by atoms with Gasteiger partial charge in [0.05, 0.1) is 13.2 Å². The molecule has 5 nitrogen and oxygen atoms in total. The zero-order chi connectivity index (χ0) is 14.4. The Bertz CT molecular complexity index is 504. The largest absolute Gasteiger partial charge is 0.421 e. The van der Waals surface area contributed by atoms with Gasteiger partial charge in [0.15, 0.2) is 5.76 Å². The summed E-state index contributed by atoms with van der Waals surface area (Å²) in [7, 11) is 0. The minimum atomic E-state index is -0.506. The number of ketones is 1. The molecule has 0 aliphatic carbocycles. The summed E-state index contributed by atoms with van der Waals surface area (Å²) < 4.78 is 10.3. The van der Waals surface area contributed by atoms with E-state index in [1.807, 2.05) is 11.0 Å². The van der Waals surface area contributed by atoms with E-state index in [1.165, 1.54) is 6.92 Å². The smallest absolute Gasteiger partial charge is 0.308 e. The average molecular weight is 275 g/mol. The SMILES string of the molecule is CC(=O)O/C(=C\N1CCOCC1)C(=O)c1ccccc1. The van der Waals surface area contributed by atoms with Crippen molar-refractivity contribution in [2.24, 2.45) is 0 Å². The normalized spacial score (nSPS) is 15.8. The summed E-state index contributed by atoms with van der Waals surface area (Å²) in [6.45, 7) is 3.83. The van der Waals surface area contributed by atoms with Gasteiger partial charge in [-0.25, -0.2) is 0 Å². The van der Waals surface area contributed by atoms with E-state index in [1.54, 1.807) is 30.5 Å². The molecule has 0 bridgehead atoms. The Kier molecular flexibility index (Phi) is 4.90. The number of hydrogen-bond acceptors (Lipinski definition) is 5. The first-order valence-corrected chi connectivity index (χ1v) is 6.48. The number of carbonyl (C=O) groups excluding carboxylic acids is 2. The number of allylic oxidation sites excluding steroid dienone is 1. The Morgan fingerprint density at radius 2 is 1.85 bits per heavy atom. The molecule has 1 aliphatic rings. The molecule has 2 rings (SSSR count). The molecule has 0 atom stereocenters. The first-order valence-electron chi connectivity index (χ1n) is 6.48. The van der Waals surface area contributed by atoms with Crippen LogP contribution in [0.2, 0.25) is 0 Å². The van der Waals surface area contributed by atoms with Crippen LogP contribution in [0.4, 0.5) is 0 Å². The highest BCUT2D eigenvalue weighted by molar-refractivity contribution is 6.08. The van der Waals surface area contributed by atoms with Gasteiger partial charge in [0.2, 0.25) is 5.78 Å². The van der Waals surface area contributed by atoms with Crippen molar-refractivity contribution in [1.82, 2.24) is 4.90 Å². The Labute approximate surface area is 117 Å². The maximum atomic E-state index is 12.4. The zero-order valence-electron chi connectivity index (χ0n) is 11.4. The zero-order valence-corrected chi connectivity index (χ0v) is 11.4. The minimum Gasteiger partial charge on any atom is -0.421 e. The molecule has 0 N–H and O–H groups in total. The van der Waals surface area contributed by atoms with Crippen molar-refractivity contribution < 1.29 is 19.1 Å².